The van der Waals surface area contributed by atoms with Gasteiger partial charge in [0, 0.05) is 31.4 Å². The van der Waals surface area contributed by atoms with E-state index in [0.717, 1.165) is 12.0 Å². The molecule has 0 atom stereocenters. The fourth-order valence-corrected chi connectivity index (χ4v) is 2.54. The lowest BCUT2D eigenvalue weighted by Crippen LogP contribution is -2.38. The maximum absolute atomic E-state index is 13.7. The third-order valence-corrected chi connectivity index (χ3v) is 3.93. The standard InChI is InChI=1S/C22H29FN4O2/c1-22(2,3)29-21(28)27-18-11-9-16(10-12-18)13-14-25-20(24-4)26-15-17-7-5-6-8-19(17)23/h5-12H,13-15H2,1-4H3,(H,27,28)(H2,24,25,26). The lowest BCUT2D eigenvalue weighted by atomic mass is 10.1. The van der Waals surface area contributed by atoms with Gasteiger partial charge in [0.2, 0.25) is 0 Å². The molecule has 0 aromatic heterocycles. The molecule has 3 N–H and O–H groups in total. The van der Waals surface area contributed by atoms with Crippen molar-refractivity contribution < 1.29 is 13.9 Å². The zero-order valence-electron chi connectivity index (χ0n) is 17.4. The number of hydrogen-bond donors (Lipinski definition) is 3. The van der Waals surface area contributed by atoms with Crippen LogP contribution in [0.25, 0.3) is 0 Å². The Balaban J connectivity index is 1.76. The van der Waals surface area contributed by atoms with Crippen molar-refractivity contribution >= 4 is 17.7 Å². The second-order valence-electron chi connectivity index (χ2n) is 7.52. The molecule has 156 valence electrons. The molecular formula is C22H29FN4O2. The molecule has 7 heteroatoms. The average Bonchev–Trinajstić information content (AvgIpc) is 2.65. The molecule has 2 aromatic carbocycles. The highest BCUT2D eigenvalue weighted by Crippen LogP contribution is 2.13. The second-order valence-corrected chi connectivity index (χ2v) is 7.52. The summed E-state index contributed by atoms with van der Waals surface area (Å²) in [6.07, 6.45) is 0.296. The molecule has 0 aliphatic carbocycles. The zero-order chi connectivity index (χ0) is 21.3. The molecule has 0 saturated heterocycles. The molecule has 0 bridgehead atoms. The largest absolute Gasteiger partial charge is 0.444 e. The molecule has 0 radical (unpaired) electrons. The summed E-state index contributed by atoms with van der Waals surface area (Å²) in [6.45, 7) is 6.48. The number of ether oxygens (including phenoxy) is 1. The van der Waals surface area contributed by atoms with Crippen LogP contribution in [-0.4, -0.2) is 31.2 Å². The first kappa shape index (κ1) is 22.2. The van der Waals surface area contributed by atoms with E-state index in [4.69, 9.17) is 4.74 Å². The van der Waals surface area contributed by atoms with Gasteiger partial charge < -0.3 is 15.4 Å². The number of hydrogen-bond acceptors (Lipinski definition) is 3. The summed E-state index contributed by atoms with van der Waals surface area (Å²) in [5.41, 5.74) is 1.84. The Morgan fingerprint density at radius 1 is 1.07 bits per heavy atom. The highest BCUT2D eigenvalue weighted by atomic mass is 19.1. The minimum absolute atomic E-state index is 0.240. The summed E-state index contributed by atoms with van der Waals surface area (Å²) in [4.78, 5) is 15.9. The summed E-state index contributed by atoms with van der Waals surface area (Å²) < 4.78 is 18.9. The Kier molecular flexibility index (Phi) is 8.00. The Bertz CT molecular complexity index is 829. The van der Waals surface area contributed by atoms with Crippen molar-refractivity contribution in [1.29, 1.82) is 0 Å². The molecule has 0 heterocycles. The van der Waals surface area contributed by atoms with Crippen LogP contribution < -0.4 is 16.0 Å². The Hall–Kier alpha value is -3.09. The lowest BCUT2D eigenvalue weighted by Gasteiger charge is -2.19. The van der Waals surface area contributed by atoms with Crippen LogP contribution in [0.15, 0.2) is 53.5 Å². The van der Waals surface area contributed by atoms with Crippen LogP contribution in [0.2, 0.25) is 0 Å². The van der Waals surface area contributed by atoms with E-state index in [1.54, 1.807) is 25.2 Å². The number of aliphatic imine (C=N–C) groups is 1. The van der Waals surface area contributed by atoms with Gasteiger partial charge in [-0.15, -0.1) is 0 Å². The third-order valence-electron chi connectivity index (χ3n) is 3.93. The molecule has 0 saturated carbocycles. The summed E-state index contributed by atoms with van der Waals surface area (Å²) in [5.74, 6) is 0.368. The van der Waals surface area contributed by atoms with Crippen LogP contribution in [0.1, 0.15) is 31.9 Å². The van der Waals surface area contributed by atoms with Crippen molar-refractivity contribution in [1.82, 2.24) is 10.6 Å². The molecule has 6 nitrogen and oxygen atoms in total. The van der Waals surface area contributed by atoms with Gasteiger partial charge in [-0.25, -0.2) is 9.18 Å². The lowest BCUT2D eigenvalue weighted by molar-refractivity contribution is 0.0636. The van der Waals surface area contributed by atoms with Crippen molar-refractivity contribution in [2.45, 2.75) is 39.3 Å². The molecule has 0 aliphatic rings. The number of anilines is 1. The van der Waals surface area contributed by atoms with Crippen LogP contribution in [0, 0.1) is 5.82 Å². The first-order chi connectivity index (χ1) is 13.8. The molecule has 0 unspecified atom stereocenters. The van der Waals surface area contributed by atoms with E-state index >= 15 is 0 Å². The number of carbonyl (C=O) groups excluding carboxylic acids is 1. The minimum Gasteiger partial charge on any atom is -0.444 e. The van der Waals surface area contributed by atoms with Gasteiger partial charge in [0.25, 0.3) is 0 Å². The van der Waals surface area contributed by atoms with E-state index in [0.29, 0.717) is 30.3 Å². The summed E-state index contributed by atoms with van der Waals surface area (Å²) >= 11 is 0. The molecule has 2 aromatic rings. The average molecular weight is 400 g/mol. The number of amides is 1. The smallest absolute Gasteiger partial charge is 0.412 e. The van der Waals surface area contributed by atoms with Gasteiger partial charge in [-0.2, -0.15) is 0 Å². The van der Waals surface area contributed by atoms with Crippen molar-refractivity contribution in [3.63, 3.8) is 0 Å². The second kappa shape index (κ2) is 10.5. The molecule has 2 rings (SSSR count). The van der Waals surface area contributed by atoms with Gasteiger partial charge in [-0.1, -0.05) is 30.3 Å². The maximum atomic E-state index is 13.7. The number of benzene rings is 2. The van der Waals surface area contributed by atoms with Gasteiger partial charge in [-0.3, -0.25) is 10.3 Å². The van der Waals surface area contributed by atoms with E-state index in [-0.39, 0.29) is 5.82 Å². The maximum Gasteiger partial charge on any atom is 0.412 e. The highest BCUT2D eigenvalue weighted by Gasteiger charge is 2.16. The predicted molar refractivity (Wildman–Crippen MR) is 115 cm³/mol. The molecule has 29 heavy (non-hydrogen) atoms. The van der Waals surface area contributed by atoms with Gasteiger partial charge in [-0.05, 0) is 51.0 Å². The van der Waals surface area contributed by atoms with Gasteiger partial charge in [0.05, 0.1) is 0 Å². The van der Waals surface area contributed by atoms with Crippen molar-refractivity contribution in [2.24, 2.45) is 4.99 Å². The predicted octanol–water partition coefficient (Wildman–Crippen LogP) is 4.08. The number of nitrogens with zero attached hydrogens (tertiary/aromatic N) is 1. The fourth-order valence-electron chi connectivity index (χ4n) is 2.54. The van der Waals surface area contributed by atoms with Crippen LogP contribution in [0.3, 0.4) is 0 Å². The fraction of sp³-hybridized carbons (Fsp3) is 0.364. The Morgan fingerprint density at radius 2 is 1.76 bits per heavy atom. The topological polar surface area (TPSA) is 74.8 Å². The minimum atomic E-state index is -0.533. The van der Waals surface area contributed by atoms with E-state index in [1.165, 1.54) is 6.07 Å². The van der Waals surface area contributed by atoms with Crippen LogP contribution in [0.4, 0.5) is 14.9 Å². The van der Waals surface area contributed by atoms with E-state index in [1.807, 2.05) is 45.0 Å². The molecular weight excluding hydrogens is 371 g/mol. The first-order valence-corrected chi connectivity index (χ1v) is 9.54. The number of rotatable bonds is 6. The van der Waals surface area contributed by atoms with E-state index in [9.17, 15) is 9.18 Å². The molecule has 0 aliphatic heterocycles. The number of carbonyl (C=O) groups is 1. The molecule has 1 amide bonds. The van der Waals surface area contributed by atoms with E-state index in [2.05, 4.69) is 20.9 Å². The summed E-state index contributed by atoms with van der Waals surface area (Å²) in [6, 6.07) is 14.2. The van der Waals surface area contributed by atoms with Gasteiger partial charge >= 0.3 is 6.09 Å². The zero-order valence-corrected chi connectivity index (χ0v) is 17.4. The highest BCUT2D eigenvalue weighted by molar-refractivity contribution is 5.84. The first-order valence-electron chi connectivity index (χ1n) is 9.54. The molecule has 0 fully saturated rings. The monoisotopic (exact) mass is 400 g/mol. The molecule has 0 spiro atoms. The summed E-state index contributed by atoms with van der Waals surface area (Å²) in [7, 11) is 1.67. The van der Waals surface area contributed by atoms with E-state index < -0.39 is 11.7 Å². The van der Waals surface area contributed by atoms with Gasteiger partial charge in [0.15, 0.2) is 5.96 Å². The Morgan fingerprint density at radius 3 is 2.38 bits per heavy atom. The number of halogens is 1. The third kappa shape index (κ3) is 8.21. The quantitative estimate of drug-likeness (QED) is 0.505. The van der Waals surface area contributed by atoms with Crippen LogP contribution >= 0.6 is 0 Å². The van der Waals surface area contributed by atoms with Crippen molar-refractivity contribution in [3.8, 4) is 0 Å². The van der Waals surface area contributed by atoms with Crippen molar-refractivity contribution in [3.05, 3.63) is 65.5 Å². The van der Waals surface area contributed by atoms with Crippen LogP contribution in [0.5, 0.6) is 0 Å². The van der Waals surface area contributed by atoms with Crippen LogP contribution in [-0.2, 0) is 17.7 Å². The van der Waals surface area contributed by atoms with Crippen molar-refractivity contribution in [2.75, 3.05) is 18.9 Å². The number of nitrogens with one attached hydrogen (secondary N) is 3. The summed E-state index contributed by atoms with van der Waals surface area (Å²) in [5, 5.41) is 9.02. The SMILES string of the molecule is CN=C(NCCc1ccc(NC(=O)OC(C)(C)C)cc1)NCc1ccccc1F. The number of guanidine groups is 1. The Labute approximate surface area is 171 Å². The van der Waals surface area contributed by atoms with Gasteiger partial charge in [0.1, 0.15) is 11.4 Å². The normalized spacial score (nSPS) is 11.7.